The summed E-state index contributed by atoms with van der Waals surface area (Å²) in [6.07, 6.45) is 0. The number of amides is 2. The van der Waals surface area contributed by atoms with E-state index in [4.69, 9.17) is 32.9 Å². The first kappa shape index (κ1) is 37.6. The lowest BCUT2D eigenvalue weighted by Gasteiger charge is -2.05. The van der Waals surface area contributed by atoms with E-state index in [0.717, 1.165) is 49.8 Å². The van der Waals surface area contributed by atoms with Gasteiger partial charge in [-0.1, -0.05) is 89.9 Å². The number of imidazole rings is 2. The van der Waals surface area contributed by atoms with Crippen LogP contribution in [0.3, 0.4) is 0 Å². The average Bonchev–Trinajstić information content (AvgIpc) is 3.88. The van der Waals surface area contributed by atoms with E-state index in [1.165, 1.54) is 7.11 Å². The van der Waals surface area contributed by atoms with Crippen LogP contribution in [0.15, 0.2) is 152 Å². The minimum atomic E-state index is -0.392. The van der Waals surface area contributed by atoms with Crippen LogP contribution >= 0.6 is 23.2 Å². The summed E-state index contributed by atoms with van der Waals surface area (Å²) >= 11 is 11.9. The van der Waals surface area contributed by atoms with E-state index in [1.807, 2.05) is 36.4 Å². The molecule has 2 aromatic heterocycles. The summed E-state index contributed by atoms with van der Waals surface area (Å²) in [6, 6.07) is 46.0. The first-order valence-corrected chi connectivity index (χ1v) is 18.8. The minimum Gasteiger partial charge on any atom is -0.465 e. The van der Waals surface area contributed by atoms with Crippen LogP contribution in [0.1, 0.15) is 31.1 Å². The van der Waals surface area contributed by atoms with Crippen molar-refractivity contribution in [3.05, 3.63) is 178 Å². The molecule has 0 bridgehead atoms. The van der Waals surface area contributed by atoms with Gasteiger partial charge in [-0.2, -0.15) is 0 Å². The molecule has 0 aliphatic rings. The van der Waals surface area contributed by atoms with Gasteiger partial charge < -0.3 is 25.3 Å². The Balaban J connectivity index is 0.000000162. The van der Waals surface area contributed by atoms with Crippen LogP contribution in [0, 0.1) is 0 Å². The lowest BCUT2D eigenvalue weighted by molar-refractivity contribution is 0.0600. The monoisotopic (exact) mass is 802 g/mol. The van der Waals surface area contributed by atoms with Crippen molar-refractivity contribution in [2.45, 2.75) is 0 Å². The number of hydrogen-bond acceptors (Lipinski definition) is 6. The number of nitrogens with one attached hydrogen (secondary N) is 4. The van der Waals surface area contributed by atoms with Crippen molar-refractivity contribution in [2.24, 2.45) is 0 Å². The molecule has 0 fully saturated rings. The summed E-state index contributed by atoms with van der Waals surface area (Å²) in [5, 5.41) is 9.11. The molecule has 2 heterocycles. The number of hydrogen-bond donors (Lipinski definition) is 4. The topological polar surface area (TPSA) is 142 Å². The molecule has 9 aromatic rings. The molecule has 0 atom stereocenters. The van der Waals surface area contributed by atoms with Crippen LogP contribution in [-0.2, 0) is 4.74 Å². The second kappa shape index (κ2) is 16.4. The normalized spacial score (nSPS) is 10.9. The number of aromatic amines is 2. The van der Waals surface area contributed by atoms with Crippen LogP contribution in [-0.4, -0.2) is 44.8 Å². The zero-order valence-corrected chi connectivity index (χ0v) is 32.2. The molecule has 9 rings (SSSR count). The van der Waals surface area contributed by atoms with E-state index < -0.39 is 5.97 Å². The number of carbonyl (C=O) groups is 3. The zero-order chi connectivity index (χ0) is 40.2. The highest BCUT2D eigenvalue weighted by molar-refractivity contribution is 6.31. The smallest absolute Gasteiger partial charge is 0.337 e. The largest absolute Gasteiger partial charge is 0.465 e. The van der Waals surface area contributed by atoms with Gasteiger partial charge in [-0.3, -0.25) is 9.59 Å². The molecule has 0 saturated carbocycles. The predicted molar refractivity (Wildman–Crippen MR) is 231 cm³/mol. The first-order chi connectivity index (χ1) is 28.2. The molecule has 0 spiro atoms. The second-order valence-corrected chi connectivity index (χ2v) is 14.0. The maximum absolute atomic E-state index is 12.6. The molecule has 0 unspecified atom stereocenters. The van der Waals surface area contributed by atoms with Crippen molar-refractivity contribution >= 4 is 85.2 Å². The molecule has 7 aromatic carbocycles. The fourth-order valence-corrected chi connectivity index (χ4v) is 6.80. The highest BCUT2D eigenvalue weighted by Crippen LogP contribution is 2.29. The van der Waals surface area contributed by atoms with E-state index in [9.17, 15) is 14.4 Å². The van der Waals surface area contributed by atoms with Gasteiger partial charge in [0, 0.05) is 43.7 Å². The number of fused-ring (bicyclic) bond motifs is 3. The van der Waals surface area contributed by atoms with E-state index >= 15 is 0 Å². The number of methoxy groups -OCH3 is 1. The second-order valence-electron chi connectivity index (χ2n) is 13.2. The van der Waals surface area contributed by atoms with E-state index in [1.54, 1.807) is 97.1 Å². The highest BCUT2D eigenvalue weighted by atomic mass is 35.5. The van der Waals surface area contributed by atoms with Gasteiger partial charge in [-0.25, -0.2) is 14.8 Å². The summed E-state index contributed by atoms with van der Waals surface area (Å²) in [5.41, 5.74) is 7.72. The van der Waals surface area contributed by atoms with Gasteiger partial charge >= 0.3 is 5.97 Å². The van der Waals surface area contributed by atoms with E-state index in [2.05, 4.69) is 43.8 Å². The summed E-state index contributed by atoms with van der Waals surface area (Å²) in [4.78, 5) is 52.6. The Labute approximate surface area is 341 Å². The summed E-state index contributed by atoms with van der Waals surface area (Å²) < 4.78 is 4.71. The van der Waals surface area contributed by atoms with Crippen molar-refractivity contribution in [2.75, 3.05) is 17.7 Å². The third kappa shape index (κ3) is 8.29. The van der Waals surface area contributed by atoms with Gasteiger partial charge in [0.1, 0.15) is 11.6 Å². The number of benzene rings is 7. The number of aromatic nitrogens is 4. The molecule has 0 saturated heterocycles. The van der Waals surface area contributed by atoms with Crippen LogP contribution in [0.2, 0.25) is 10.0 Å². The lowest BCUT2D eigenvalue weighted by Crippen LogP contribution is -2.11. The molecule has 0 aliphatic heterocycles. The third-order valence-corrected chi connectivity index (χ3v) is 9.75. The number of ether oxygens (including phenoxy) is 1. The van der Waals surface area contributed by atoms with Crippen LogP contribution < -0.4 is 10.6 Å². The van der Waals surface area contributed by atoms with E-state index in [0.29, 0.717) is 43.9 Å². The number of halogens is 2. The quantitative estimate of drug-likeness (QED) is 0.118. The molecule has 0 aliphatic carbocycles. The van der Waals surface area contributed by atoms with Crippen LogP contribution in [0.5, 0.6) is 0 Å². The Bertz CT molecular complexity index is 2990. The van der Waals surface area contributed by atoms with Crippen molar-refractivity contribution in [3.8, 4) is 22.8 Å². The SMILES string of the molecule is COC(=O)c1ccc(-c2nc3ccc(C(=O)Nc4cccc(Cl)c4)cc3[nH]2)cc1.O=C(Nc1cccc(Cl)c1)c1ccc2nc(-c3cccc4ccccc34)[nH]c2c1. The van der Waals surface area contributed by atoms with Gasteiger partial charge in [0.15, 0.2) is 0 Å². The predicted octanol–water partition coefficient (Wildman–Crippen LogP) is 11.2. The molecule has 58 heavy (non-hydrogen) atoms. The fourth-order valence-electron chi connectivity index (χ4n) is 6.42. The van der Waals surface area contributed by atoms with Crippen LogP contribution in [0.25, 0.3) is 55.6 Å². The summed E-state index contributed by atoms with van der Waals surface area (Å²) in [7, 11) is 1.34. The minimum absolute atomic E-state index is 0.199. The standard InChI is InChI=1S/C24H16ClN3O.C22H16ClN3O3/c25-17-7-4-8-18(14-17)26-24(29)16-11-12-21-22(13-16)28-23(27-21)20-10-3-6-15-5-1-2-9-19(15)20;1-29-22(28)14-7-5-13(6-8-14)20-25-18-10-9-15(11-19(18)26-20)21(27)24-17-4-2-3-16(23)12-17/h1-14H,(H,26,29)(H,27,28);2-12H,1H3,(H,24,27)(H,25,26). The molecular formula is C46H32Cl2N6O4. The Morgan fingerprint density at radius 1 is 0.552 bits per heavy atom. The number of anilines is 2. The van der Waals surface area contributed by atoms with Crippen molar-refractivity contribution < 1.29 is 19.1 Å². The molecule has 284 valence electrons. The van der Waals surface area contributed by atoms with Crippen molar-refractivity contribution in [3.63, 3.8) is 0 Å². The molecule has 0 radical (unpaired) electrons. The molecule has 10 nitrogen and oxygen atoms in total. The van der Waals surface area contributed by atoms with Crippen molar-refractivity contribution in [1.82, 2.24) is 19.9 Å². The molecule has 4 N–H and O–H groups in total. The van der Waals surface area contributed by atoms with Gasteiger partial charge in [-0.05, 0) is 95.7 Å². The Kier molecular flexibility index (Phi) is 10.7. The van der Waals surface area contributed by atoms with Gasteiger partial charge in [0.2, 0.25) is 0 Å². The summed E-state index contributed by atoms with van der Waals surface area (Å²) in [5.74, 6) is 0.591. The van der Waals surface area contributed by atoms with Gasteiger partial charge in [0.25, 0.3) is 11.8 Å². The number of carbonyl (C=O) groups excluding carboxylic acids is 3. The fraction of sp³-hybridized carbons (Fsp3) is 0.0217. The molecule has 2 amide bonds. The van der Waals surface area contributed by atoms with Gasteiger partial charge in [-0.15, -0.1) is 0 Å². The summed E-state index contributed by atoms with van der Waals surface area (Å²) in [6.45, 7) is 0. The molecule has 12 heteroatoms. The number of rotatable bonds is 7. The Hall–Kier alpha value is -7.27. The van der Waals surface area contributed by atoms with Gasteiger partial charge in [0.05, 0.1) is 34.7 Å². The maximum Gasteiger partial charge on any atom is 0.337 e. The maximum atomic E-state index is 12.6. The molecular weight excluding hydrogens is 771 g/mol. The lowest BCUT2D eigenvalue weighted by atomic mass is 10.0. The first-order valence-electron chi connectivity index (χ1n) is 18.0. The average molecular weight is 804 g/mol. The Morgan fingerprint density at radius 3 is 1.66 bits per heavy atom. The third-order valence-electron chi connectivity index (χ3n) is 9.28. The Morgan fingerprint density at radius 2 is 1.07 bits per heavy atom. The van der Waals surface area contributed by atoms with E-state index in [-0.39, 0.29) is 11.8 Å². The van der Waals surface area contributed by atoms with Crippen LogP contribution in [0.4, 0.5) is 11.4 Å². The number of nitrogens with zero attached hydrogens (tertiary/aromatic N) is 2. The highest BCUT2D eigenvalue weighted by Gasteiger charge is 2.14. The zero-order valence-electron chi connectivity index (χ0n) is 30.7. The van der Waals surface area contributed by atoms with Crippen molar-refractivity contribution in [1.29, 1.82) is 0 Å². The number of H-pyrrole nitrogens is 2. The number of esters is 1.